The minimum Gasteiger partial charge on any atom is -0.290 e. The van der Waals surface area contributed by atoms with Crippen LogP contribution in [0.1, 0.15) is 34.6 Å². The smallest absolute Gasteiger partial charge is 0.0443 e. The maximum Gasteiger partial charge on any atom is 0.0443 e. The van der Waals surface area contributed by atoms with E-state index in [-0.39, 0.29) is 0 Å². The summed E-state index contributed by atoms with van der Waals surface area (Å²) in [7, 11) is 0. The molecule has 0 unspecified atom stereocenters. The molecule has 0 heterocycles. The van der Waals surface area contributed by atoms with Crippen molar-refractivity contribution >= 4 is 6.21 Å². The van der Waals surface area contributed by atoms with E-state index in [1.165, 1.54) is 5.57 Å². The van der Waals surface area contributed by atoms with Gasteiger partial charge in [0.2, 0.25) is 0 Å². The molecule has 0 rings (SSSR count). The summed E-state index contributed by atoms with van der Waals surface area (Å²) in [5.41, 5.74) is 1.32. The Kier molecular flexibility index (Phi) is 4.84. The molecule has 0 aromatic rings. The van der Waals surface area contributed by atoms with Crippen LogP contribution in [0.25, 0.3) is 0 Å². The molecule has 1 nitrogen and oxygen atoms in total. The van der Waals surface area contributed by atoms with Crippen LogP contribution in [0, 0.1) is 5.92 Å². The Morgan fingerprint density at radius 1 is 1.18 bits per heavy atom. The van der Waals surface area contributed by atoms with Crippen molar-refractivity contribution in [2.24, 2.45) is 10.9 Å². The molecule has 0 N–H and O–H groups in total. The quantitative estimate of drug-likeness (QED) is 0.552. The van der Waals surface area contributed by atoms with Gasteiger partial charge in [-0.3, -0.25) is 4.99 Å². The van der Waals surface area contributed by atoms with Crippen molar-refractivity contribution in [2.45, 2.75) is 40.7 Å². The van der Waals surface area contributed by atoms with Crippen LogP contribution in [0.15, 0.2) is 16.6 Å². The molecule has 0 aromatic heterocycles. The van der Waals surface area contributed by atoms with E-state index in [0.717, 1.165) is 0 Å². The third kappa shape index (κ3) is 4.77. The van der Waals surface area contributed by atoms with E-state index in [9.17, 15) is 0 Å². The molecule has 1 heteroatoms. The van der Waals surface area contributed by atoms with E-state index in [2.05, 4.69) is 45.7 Å². The molecule has 0 aliphatic carbocycles. The molecule has 0 atom stereocenters. The Morgan fingerprint density at radius 2 is 1.73 bits per heavy atom. The minimum atomic E-state index is 0.406. The fourth-order valence-corrected chi connectivity index (χ4v) is 0.792. The lowest BCUT2D eigenvalue weighted by Crippen LogP contribution is -1.97. The van der Waals surface area contributed by atoms with E-state index in [0.29, 0.717) is 12.0 Å². The molecular weight excluding hydrogens is 134 g/mol. The maximum absolute atomic E-state index is 4.32. The van der Waals surface area contributed by atoms with E-state index >= 15 is 0 Å². The normalized spacial score (nSPS) is 13.9. The van der Waals surface area contributed by atoms with E-state index in [4.69, 9.17) is 0 Å². The summed E-state index contributed by atoms with van der Waals surface area (Å²) in [6.45, 7) is 10.6. The predicted molar refractivity (Wildman–Crippen MR) is 52.2 cm³/mol. The number of allylic oxidation sites excluding steroid dienone is 2. The lowest BCUT2D eigenvalue weighted by Gasteiger charge is -2.04. The average Bonchev–Trinajstić information content (AvgIpc) is 1.87. The van der Waals surface area contributed by atoms with Crippen molar-refractivity contribution in [1.29, 1.82) is 0 Å². The lowest BCUT2D eigenvalue weighted by molar-refractivity contribution is 0.793. The van der Waals surface area contributed by atoms with Gasteiger partial charge in [-0.15, -0.1) is 0 Å². The maximum atomic E-state index is 4.32. The fraction of sp³-hybridized carbons (Fsp3) is 0.700. The second kappa shape index (κ2) is 5.11. The zero-order valence-corrected chi connectivity index (χ0v) is 8.26. The van der Waals surface area contributed by atoms with Gasteiger partial charge in [0.05, 0.1) is 0 Å². The number of aliphatic imine (C=N–C) groups is 1. The van der Waals surface area contributed by atoms with Gasteiger partial charge in [-0.2, -0.15) is 0 Å². The fourth-order valence-electron chi connectivity index (χ4n) is 0.792. The first-order chi connectivity index (χ1) is 5.07. The molecule has 0 radical (unpaired) electrons. The summed E-state index contributed by atoms with van der Waals surface area (Å²) in [5.74, 6) is 0.586. The van der Waals surface area contributed by atoms with Gasteiger partial charge in [-0.05, 0) is 32.3 Å². The highest BCUT2D eigenvalue weighted by molar-refractivity contribution is 5.78. The first-order valence-corrected chi connectivity index (χ1v) is 4.27. The van der Waals surface area contributed by atoms with Gasteiger partial charge in [0.15, 0.2) is 0 Å². The highest BCUT2D eigenvalue weighted by Crippen LogP contribution is 2.06. The highest BCUT2D eigenvalue weighted by atomic mass is 14.7. The zero-order valence-electron chi connectivity index (χ0n) is 8.26. The third-order valence-corrected chi connectivity index (χ3v) is 1.52. The van der Waals surface area contributed by atoms with E-state index in [1.807, 2.05) is 6.21 Å². The topological polar surface area (TPSA) is 12.4 Å². The molecule has 0 bridgehead atoms. The molecule has 0 aliphatic rings. The average molecular weight is 153 g/mol. The van der Waals surface area contributed by atoms with Crippen LogP contribution in [-0.2, 0) is 0 Å². The molecule has 0 aromatic carbocycles. The van der Waals surface area contributed by atoms with Crippen LogP contribution in [-0.4, -0.2) is 12.3 Å². The number of hydrogen-bond acceptors (Lipinski definition) is 1. The van der Waals surface area contributed by atoms with Gasteiger partial charge >= 0.3 is 0 Å². The highest BCUT2D eigenvalue weighted by Gasteiger charge is 1.97. The molecular formula is C10H19N. The van der Waals surface area contributed by atoms with E-state index < -0.39 is 0 Å². The molecule has 0 saturated heterocycles. The second-order valence-corrected chi connectivity index (χ2v) is 3.32. The zero-order chi connectivity index (χ0) is 8.85. The van der Waals surface area contributed by atoms with Gasteiger partial charge in [0.25, 0.3) is 0 Å². The summed E-state index contributed by atoms with van der Waals surface area (Å²) >= 11 is 0. The Hall–Kier alpha value is -0.590. The SMILES string of the molecule is C/C=C(\C=NC(C)C)C(C)C. The Morgan fingerprint density at radius 3 is 2.00 bits per heavy atom. The Balaban J connectivity index is 4.10. The van der Waals surface area contributed by atoms with Crippen molar-refractivity contribution in [2.75, 3.05) is 0 Å². The summed E-state index contributed by atoms with van der Waals surface area (Å²) < 4.78 is 0. The largest absolute Gasteiger partial charge is 0.290 e. The van der Waals surface area contributed by atoms with Crippen LogP contribution < -0.4 is 0 Å². The van der Waals surface area contributed by atoms with E-state index in [1.54, 1.807) is 0 Å². The summed E-state index contributed by atoms with van der Waals surface area (Å²) in [6.07, 6.45) is 4.10. The predicted octanol–water partition coefficient (Wildman–Crippen LogP) is 3.07. The van der Waals surface area contributed by atoms with Gasteiger partial charge < -0.3 is 0 Å². The molecule has 11 heavy (non-hydrogen) atoms. The standard InChI is InChI=1S/C10H19N/c1-6-10(8(2)3)7-11-9(4)5/h6-9H,1-5H3/b10-6+,11-7?. The van der Waals surface area contributed by atoms with Gasteiger partial charge in [0, 0.05) is 12.3 Å². The van der Waals surface area contributed by atoms with Crippen LogP contribution in [0.2, 0.25) is 0 Å². The van der Waals surface area contributed by atoms with Crippen LogP contribution >= 0.6 is 0 Å². The van der Waals surface area contributed by atoms with Crippen LogP contribution in [0.3, 0.4) is 0 Å². The number of nitrogens with zero attached hydrogens (tertiary/aromatic N) is 1. The van der Waals surface area contributed by atoms with Crippen LogP contribution in [0.5, 0.6) is 0 Å². The second-order valence-electron chi connectivity index (χ2n) is 3.32. The molecule has 64 valence electrons. The number of rotatable bonds is 3. The van der Waals surface area contributed by atoms with Gasteiger partial charge in [-0.1, -0.05) is 19.9 Å². The summed E-state index contributed by atoms with van der Waals surface area (Å²) in [6, 6.07) is 0.406. The first-order valence-electron chi connectivity index (χ1n) is 4.27. The summed E-state index contributed by atoms with van der Waals surface area (Å²) in [4.78, 5) is 4.32. The van der Waals surface area contributed by atoms with Crippen molar-refractivity contribution in [3.8, 4) is 0 Å². The molecule has 0 fully saturated rings. The molecule has 0 saturated carbocycles. The third-order valence-electron chi connectivity index (χ3n) is 1.52. The van der Waals surface area contributed by atoms with Crippen LogP contribution in [0.4, 0.5) is 0 Å². The first kappa shape index (κ1) is 10.4. The van der Waals surface area contributed by atoms with Crippen molar-refractivity contribution in [1.82, 2.24) is 0 Å². The molecule has 0 amide bonds. The molecule has 0 aliphatic heterocycles. The van der Waals surface area contributed by atoms with Crippen molar-refractivity contribution in [3.63, 3.8) is 0 Å². The molecule has 0 spiro atoms. The Bertz CT molecular complexity index is 152. The Labute approximate surface area is 70.2 Å². The van der Waals surface area contributed by atoms with Crippen molar-refractivity contribution < 1.29 is 0 Å². The van der Waals surface area contributed by atoms with Gasteiger partial charge in [-0.25, -0.2) is 0 Å². The minimum absolute atomic E-state index is 0.406. The monoisotopic (exact) mass is 153 g/mol. The number of hydrogen-bond donors (Lipinski definition) is 0. The summed E-state index contributed by atoms with van der Waals surface area (Å²) in [5, 5.41) is 0. The van der Waals surface area contributed by atoms with Crippen molar-refractivity contribution in [3.05, 3.63) is 11.6 Å². The lowest BCUT2D eigenvalue weighted by atomic mass is 10.0. The van der Waals surface area contributed by atoms with Gasteiger partial charge in [0.1, 0.15) is 0 Å².